The van der Waals surface area contributed by atoms with Crippen molar-refractivity contribution < 1.29 is 4.79 Å². The monoisotopic (exact) mass is 441 g/mol. The Morgan fingerprint density at radius 3 is 2.72 bits per heavy atom. The third-order valence-electron chi connectivity index (χ3n) is 7.27. The van der Waals surface area contributed by atoms with Gasteiger partial charge in [0.2, 0.25) is 5.91 Å². The Kier molecular flexibility index (Phi) is 4.87. The topological polar surface area (TPSA) is 49.0 Å². The van der Waals surface area contributed by atoms with Crippen LogP contribution in [-0.2, 0) is 11.2 Å². The fourth-order valence-electron chi connectivity index (χ4n) is 5.57. The third kappa shape index (κ3) is 3.36. The molecule has 1 fully saturated rings. The zero-order valence-corrected chi connectivity index (χ0v) is 19.0. The van der Waals surface area contributed by atoms with E-state index in [1.807, 2.05) is 6.07 Å². The summed E-state index contributed by atoms with van der Waals surface area (Å²) < 4.78 is 1.22. The van der Waals surface area contributed by atoms with Gasteiger partial charge in [-0.2, -0.15) is 0 Å². The minimum absolute atomic E-state index is 0.278. The first-order valence-corrected chi connectivity index (χ1v) is 12.4. The molecular formula is C27H27N3OS. The maximum atomic E-state index is 13.8. The molecule has 162 valence electrons. The van der Waals surface area contributed by atoms with Gasteiger partial charge in [-0.05, 0) is 43.0 Å². The molecule has 4 aromatic rings. The molecule has 2 aliphatic rings. The molecule has 2 aromatic carbocycles. The highest BCUT2D eigenvalue weighted by atomic mass is 32.1. The molecular weight excluding hydrogens is 414 g/mol. The Labute approximate surface area is 192 Å². The molecule has 0 radical (unpaired) electrons. The summed E-state index contributed by atoms with van der Waals surface area (Å²) >= 11 is 1.75. The van der Waals surface area contributed by atoms with Gasteiger partial charge in [0.05, 0.1) is 20.6 Å². The molecule has 0 bridgehead atoms. The molecule has 4 nitrogen and oxygen atoms in total. The van der Waals surface area contributed by atoms with Crippen LogP contribution in [0.5, 0.6) is 0 Å². The Morgan fingerprint density at radius 2 is 1.91 bits per heavy atom. The number of aromatic nitrogens is 2. The van der Waals surface area contributed by atoms with Crippen LogP contribution in [0.2, 0.25) is 0 Å². The Balaban J connectivity index is 1.23. The van der Waals surface area contributed by atoms with E-state index in [0.717, 1.165) is 55.6 Å². The van der Waals surface area contributed by atoms with Gasteiger partial charge in [0.1, 0.15) is 0 Å². The number of rotatable bonds is 4. The number of carbonyl (C=O) groups excluding carboxylic acids is 1. The third-order valence-corrected chi connectivity index (χ3v) is 8.31. The molecule has 1 aliphatic heterocycles. The lowest BCUT2D eigenvalue weighted by atomic mass is 9.81. The van der Waals surface area contributed by atoms with Crippen LogP contribution in [0.1, 0.15) is 42.7 Å². The number of amides is 1. The number of benzene rings is 2. The van der Waals surface area contributed by atoms with Crippen LogP contribution in [0.3, 0.4) is 0 Å². The van der Waals surface area contributed by atoms with Crippen LogP contribution < -0.4 is 0 Å². The van der Waals surface area contributed by atoms with Crippen molar-refractivity contribution in [3.05, 3.63) is 71.4 Å². The predicted molar refractivity (Wildman–Crippen MR) is 132 cm³/mol. The van der Waals surface area contributed by atoms with Gasteiger partial charge < -0.3 is 9.88 Å². The molecule has 2 aromatic heterocycles. The van der Waals surface area contributed by atoms with Crippen molar-refractivity contribution in [2.24, 2.45) is 5.41 Å². The van der Waals surface area contributed by atoms with E-state index in [1.54, 1.807) is 11.3 Å². The number of fused-ring (bicyclic) bond motifs is 2. The summed E-state index contributed by atoms with van der Waals surface area (Å²) in [5.74, 6) is 0.337. The quantitative estimate of drug-likeness (QED) is 0.410. The molecule has 0 unspecified atom stereocenters. The van der Waals surface area contributed by atoms with E-state index in [1.165, 1.54) is 26.7 Å². The summed E-state index contributed by atoms with van der Waals surface area (Å²) in [6, 6.07) is 16.7. The number of nitrogens with one attached hydrogen (secondary N) is 1. The molecule has 0 saturated heterocycles. The number of aromatic amines is 1. The summed E-state index contributed by atoms with van der Waals surface area (Å²) in [5, 5.41) is 2.37. The Morgan fingerprint density at radius 1 is 1.09 bits per heavy atom. The molecule has 0 spiro atoms. The van der Waals surface area contributed by atoms with E-state index >= 15 is 0 Å². The molecule has 32 heavy (non-hydrogen) atoms. The average molecular weight is 442 g/mol. The highest BCUT2D eigenvalue weighted by Crippen LogP contribution is 2.44. The number of nitrogens with zero attached hydrogens (tertiary/aromatic N) is 2. The van der Waals surface area contributed by atoms with Gasteiger partial charge in [-0.3, -0.25) is 4.79 Å². The molecule has 5 heteroatoms. The largest absolute Gasteiger partial charge is 0.361 e. The summed E-state index contributed by atoms with van der Waals surface area (Å²) in [6.07, 6.45) is 10.3. The fraction of sp³-hybridized carbons (Fsp3) is 0.333. The second-order valence-electron chi connectivity index (χ2n) is 9.22. The Bertz CT molecular complexity index is 1290. The number of para-hydroxylation sites is 2. The van der Waals surface area contributed by atoms with E-state index in [4.69, 9.17) is 4.98 Å². The van der Waals surface area contributed by atoms with E-state index in [0.29, 0.717) is 12.5 Å². The zero-order valence-electron chi connectivity index (χ0n) is 18.1. The van der Waals surface area contributed by atoms with Crippen molar-refractivity contribution >= 4 is 43.9 Å². The van der Waals surface area contributed by atoms with Crippen LogP contribution in [0.15, 0.2) is 60.8 Å². The fourth-order valence-corrected chi connectivity index (χ4v) is 6.69. The Hall–Kier alpha value is -2.92. The maximum absolute atomic E-state index is 13.8. The number of hydrogen-bond acceptors (Lipinski definition) is 3. The number of carbonyl (C=O) groups is 1. The van der Waals surface area contributed by atoms with E-state index in [9.17, 15) is 4.79 Å². The lowest BCUT2D eigenvalue weighted by Gasteiger charge is -2.35. The minimum atomic E-state index is -0.278. The standard InChI is InChI=1S/C27H27N3OS/c31-26(27(13-5-6-14-27)17-25-29-23-9-3-4-10-24(23)32-25)30-15-11-19(12-16-30)21-18-28-22-8-2-1-7-20(21)22/h1-4,7-11,18,28H,5-6,12-17H2. The molecule has 1 N–H and O–H groups in total. The molecule has 0 atom stereocenters. The zero-order chi connectivity index (χ0) is 21.5. The molecule has 1 aliphatic carbocycles. The molecule has 6 rings (SSSR count). The van der Waals surface area contributed by atoms with Crippen LogP contribution in [-0.4, -0.2) is 33.9 Å². The van der Waals surface area contributed by atoms with Crippen LogP contribution in [0.25, 0.3) is 26.7 Å². The molecule has 1 saturated carbocycles. The molecule has 1 amide bonds. The second-order valence-corrected chi connectivity index (χ2v) is 10.3. The number of hydrogen-bond donors (Lipinski definition) is 1. The minimum Gasteiger partial charge on any atom is -0.361 e. The first-order valence-electron chi connectivity index (χ1n) is 11.6. The number of thiazole rings is 1. The molecule has 3 heterocycles. The van der Waals surface area contributed by atoms with Gasteiger partial charge in [-0.15, -0.1) is 11.3 Å². The van der Waals surface area contributed by atoms with Gasteiger partial charge in [-0.25, -0.2) is 4.98 Å². The summed E-state index contributed by atoms with van der Waals surface area (Å²) in [7, 11) is 0. The smallest absolute Gasteiger partial charge is 0.229 e. The van der Waals surface area contributed by atoms with Crippen LogP contribution in [0, 0.1) is 5.41 Å². The summed E-state index contributed by atoms with van der Waals surface area (Å²) in [6.45, 7) is 1.50. The van der Waals surface area contributed by atoms with Crippen molar-refractivity contribution in [2.45, 2.75) is 38.5 Å². The second kappa shape index (κ2) is 7.89. The first-order chi connectivity index (χ1) is 15.7. The van der Waals surface area contributed by atoms with Crippen molar-refractivity contribution in [1.29, 1.82) is 0 Å². The first kappa shape index (κ1) is 19.7. The number of H-pyrrole nitrogens is 1. The van der Waals surface area contributed by atoms with E-state index in [-0.39, 0.29) is 5.41 Å². The van der Waals surface area contributed by atoms with Crippen molar-refractivity contribution in [3.63, 3.8) is 0 Å². The summed E-state index contributed by atoms with van der Waals surface area (Å²) in [5.41, 5.74) is 4.57. The highest BCUT2D eigenvalue weighted by Gasteiger charge is 2.44. The van der Waals surface area contributed by atoms with Gasteiger partial charge in [0, 0.05) is 42.2 Å². The summed E-state index contributed by atoms with van der Waals surface area (Å²) in [4.78, 5) is 24.1. The van der Waals surface area contributed by atoms with Crippen LogP contribution in [0.4, 0.5) is 0 Å². The van der Waals surface area contributed by atoms with Gasteiger partial charge in [0.15, 0.2) is 0 Å². The van der Waals surface area contributed by atoms with E-state index in [2.05, 4.69) is 64.6 Å². The predicted octanol–water partition coefficient (Wildman–Crippen LogP) is 6.20. The maximum Gasteiger partial charge on any atom is 0.229 e. The normalized spacial score (nSPS) is 18.4. The average Bonchev–Trinajstić information content (AvgIpc) is 3.57. The van der Waals surface area contributed by atoms with Gasteiger partial charge in [-0.1, -0.05) is 49.2 Å². The SMILES string of the molecule is O=C(N1CC=C(c2c[nH]c3ccccc23)CC1)C1(Cc2nc3ccccc3s2)CCCC1. The van der Waals surface area contributed by atoms with Crippen molar-refractivity contribution in [2.75, 3.05) is 13.1 Å². The van der Waals surface area contributed by atoms with Crippen LogP contribution >= 0.6 is 11.3 Å². The van der Waals surface area contributed by atoms with Crippen molar-refractivity contribution in [1.82, 2.24) is 14.9 Å². The highest BCUT2D eigenvalue weighted by molar-refractivity contribution is 7.18. The lowest BCUT2D eigenvalue weighted by Crippen LogP contribution is -2.45. The van der Waals surface area contributed by atoms with Gasteiger partial charge in [0.25, 0.3) is 0 Å². The van der Waals surface area contributed by atoms with Crippen molar-refractivity contribution in [3.8, 4) is 0 Å². The van der Waals surface area contributed by atoms with Gasteiger partial charge >= 0.3 is 0 Å². The lowest BCUT2D eigenvalue weighted by molar-refractivity contribution is -0.141. The van der Waals surface area contributed by atoms with E-state index < -0.39 is 0 Å².